The third-order valence-electron chi connectivity index (χ3n) is 2.96. The average Bonchev–Trinajstić information content (AvgIpc) is 2.36. The van der Waals surface area contributed by atoms with Gasteiger partial charge < -0.3 is 0 Å². The topological polar surface area (TPSA) is 92.5 Å². The molecule has 0 aromatic heterocycles. The van der Waals surface area contributed by atoms with Crippen molar-refractivity contribution in [3.8, 4) is 0 Å². The Morgan fingerprint density at radius 2 is 2.29 bits per heavy atom. The maximum atomic E-state index is 12.0. The Hall–Kier alpha value is -0.310. The number of sulfone groups is 1. The van der Waals surface area contributed by atoms with Crippen LogP contribution in [-0.2, 0) is 14.6 Å². The van der Waals surface area contributed by atoms with Crippen molar-refractivity contribution in [2.75, 3.05) is 23.8 Å². The molecule has 0 spiro atoms. The number of nitrogens with zero attached hydrogens (tertiary/aromatic N) is 1. The number of rotatable bonds is 4. The summed E-state index contributed by atoms with van der Waals surface area (Å²) in [5.74, 6) is 6.16. The molecule has 2 atom stereocenters. The van der Waals surface area contributed by atoms with Crippen LogP contribution in [0.2, 0.25) is 0 Å². The third kappa shape index (κ3) is 3.34. The lowest BCUT2D eigenvalue weighted by atomic mass is 10.2. The Bertz CT molecular complexity index is 372. The van der Waals surface area contributed by atoms with Crippen molar-refractivity contribution < 1.29 is 13.2 Å². The van der Waals surface area contributed by atoms with E-state index in [1.807, 2.05) is 0 Å². The maximum Gasteiger partial charge on any atom is 0.250 e. The van der Waals surface area contributed by atoms with Gasteiger partial charge in [-0.3, -0.25) is 15.1 Å². The molecule has 8 heteroatoms. The lowest BCUT2D eigenvalue weighted by Gasteiger charge is -2.37. The summed E-state index contributed by atoms with van der Waals surface area (Å²) in [6.45, 7) is 3.89. The van der Waals surface area contributed by atoms with Crippen LogP contribution in [0.1, 0.15) is 13.8 Å². The van der Waals surface area contributed by atoms with Gasteiger partial charge in [-0.05, 0) is 6.92 Å². The van der Waals surface area contributed by atoms with Crippen LogP contribution in [0, 0.1) is 0 Å². The molecule has 1 aliphatic rings. The van der Waals surface area contributed by atoms with E-state index in [1.54, 1.807) is 30.5 Å². The fourth-order valence-electron chi connectivity index (χ4n) is 1.81. The summed E-state index contributed by atoms with van der Waals surface area (Å²) in [7, 11) is -3.17. The van der Waals surface area contributed by atoms with Crippen molar-refractivity contribution >= 4 is 27.5 Å². The zero-order chi connectivity index (χ0) is 13.1. The zero-order valence-corrected chi connectivity index (χ0v) is 11.7. The normalized spacial score (nSPS) is 24.3. The van der Waals surface area contributed by atoms with E-state index in [2.05, 4.69) is 5.43 Å². The zero-order valence-electron chi connectivity index (χ0n) is 10.0. The minimum atomic E-state index is -3.17. The second-order valence-corrected chi connectivity index (χ2v) is 7.50. The van der Waals surface area contributed by atoms with E-state index < -0.39 is 21.3 Å². The largest absolute Gasteiger partial charge is 0.293 e. The molecular weight excluding hydrogens is 262 g/mol. The molecule has 1 rings (SSSR count). The van der Waals surface area contributed by atoms with Gasteiger partial charge in [0.1, 0.15) is 5.37 Å². The van der Waals surface area contributed by atoms with E-state index in [-0.39, 0.29) is 11.7 Å². The molecule has 0 aliphatic carbocycles. The highest BCUT2D eigenvalue weighted by Gasteiger charge is 2.37. The van der Waals surface area contributed by atoms with Gasteiger partial charge in [-0.2, -0.15) is 11.8 Å². The van der Waals surface area contributed by atoms with Gasteiger partial charge in [0.05, 0.1) is 6.04 Å². The molecule has 1 amide bonds. The summed E-state index contributed by atoms with van der Waals surface area (Å²) in [5, 5.41) is -0.585. The van der Waals surface area contributed by atoms with Gasteiger partial charge in [-0.1, -0.05) is 6.92 Å². The third-order valence-corrected chi connectivity index (χ3v) is 6.27. The van der Waals surface area contributed by atoms with Crippen LogP contribution in [-0.4, -0.2) is 54.4 Å². The minimum absolute atomic E-state index is 0.0890. The standard InChI is InChI=1S/C9H19N3O3S2/c1-3-17(14,15)8-6-16-5-4-12(8)7(2)9(13)11-10/h7-8H,3-6,10H2,1-2H3,(H,11,13). The number of hydrogen-bond donors (Lipinski definition) is 2. The molecular formula is C9H19N3O3S2. The van der Waals surface area contributed by atoms with Crippen molar-refractivity contribution in [2.45, 2.75) is 25.3 Å². The first-order chi connectivity index (χ1) is 7.94. The molecule has 0 saturated carbocycles. The van der Waals surface area contributed by atoms with Crippen molar-refractivity contribution in [1.82, 2.24) is 10.3 Å². The molecule has 6 nitrogen and oxygen atoms in total. The van der Waals surface area contributed by atoms with Gasteiger partial charge in [0.2, 0.25) is 0 Å². The van der Waals surface area contributed by atoms with Crippen LogP contribution in [0.4, 0.5) is 0 Å². The number of carbonyl (C=O) groups excluding carboxylic acids is 1. The summed E-state index contributed by atoms with van der Waals surface area (Å²) in [6, 6.07) is -0.521. The minimum Gasteiger partial charge on any atom is -0.293 e. The monoisotopic (exact) mass is 281 g/mol. The van der Waals surface area contributed by atoms with E-state index in [4.69, 9.17) is 5.84 Å². The van der Waals surface area contributed by atoms with E-state index >= 15 is 0 Å². The SMILES string of the molecule is CCS(=O)(=O)C1CSCCN1C(C)C(=O)NN. The predicted octanol–water partition coefficient (Wildman–Crippen LogP) is -0.826. The predicted molar refractivity (Wildman–Crippen MR) is 69.1 cm³/mol. The number of thioether (sulfide) groups is 1. The number of nitrogens with two attached hydrogens (primary N) is 1. The fraction of sp³-hybridized carbons (Fsp3) is 0.889. The molecule has 1 saturated heterocycles. The quantitative estimate of drug-likeness (QED) is 0.397. The van der Waals surface area contributed by atoms with E-state index in [0.29, 0.717) is 12.3 Å². The second kappa shape index (κ2) is 6.03. The van der Waals surface area contributed by atoms with E-state index in [0.717, 1.165) is 5.75 Å². The van der Waals surface area contributed by atoms with Gasteiger partial charge in [-0.15, -0.1) is 0 Å². The highest BCUT2D eigenvalue weighted by Crippen LogP contribution is 2.23. The first kappa shape index (κ1) is 14.7. The van der Waals surface area contributed by atoms with Crippen molar-refractivity contribution in [3.63, 3.8) is 0 Å². The number of hydrazine groups is 1. The van der Waals surface area contributed by atoms with Crippen LogP contribution >= 0.6 is 11.8 Å². The molecule has 17 heavy (non-hydrogen) atoms. The van der Waals surface area contributed by atoms with Crippen molar-refractivity contribution in [3.05, 3.63) is 0 Å². The summed E-state index contributed by atoms with van der Waals surface area (Å²) in [4.78, 5) is 13.2. The Kier molecular flexibility index (Phi) is 5.23. The Morgan fingerprint density at radius 3 is 2.82 bits per heavy atom. The van der Waals surface area contributed by atoms with E-state index in [1.165, 1.54) is 0 Å². The molecule has 0 aromatic rings. The molecule has 1 fully saturated rings. The molecule has 2 unspecified atom stereocenters. The van der Waals surface area contributed by atoms with Crippen LogP contribution in [0.5, 0.6) is 0 Å². The van der Waals surface area contributed by atoms with Gasteiger partial charge in [0.25, 0.3) is 5.91 Å². The van der Waals surface area contributed by atoms with Crippen LogP contribution in [0.25, 0.3) is 0 Å². The first-order valence-corrected chi connectivity index (χ1v) is 8.36. The van der Waals surface area contributed by atoms with Crippen LogP contribution in [0.15, 0.2) is 0 Å². The average molecular weight is 281 g/mol. The molecule has 0 aromatic carbocycles. The number of amides is 1. The summed E-state index contributed by atoms with van der Waals surface area (Å²) < 4.78 is 23.9. The molecule has 1 heterocycles. The maximum absolute atomic E-state index is 12.0. The molecule has 100 valence electrons. The summed E-state index contributed by atoms with van der Waals surface area (Å²) >= 11 is 1.60. The number of carbonyl (C=O) groups is 1. The Balaban J connectivity index is 2.90. The highest BCUT2D eigenvalue weighted by atomic mass is 32.2. The highest BCUT2D eigenvalue weighted by molar-refractivity contribution is 8.01. The Morgan fingerprint density at radius 1 is 1.65 bits per heavy atom. The van der Waals surface area contributed by atoms with Crippen LogP contribution < -0.4 is 11.3 Å². The first-order valence-electron chi connectivity index (χ1n) is 5.49. The van der Waals surface area contributed by atoms with Crippen molar-refractivity contribution in [1.29, 1.82) is 0 Å². The second-order valence-electron chi connectivity index (χ2n) is 3.90. The van der Waals surface area contributed by atoms with Gasteiger partial charge in [0, 0.05) is 23.8 Å². The smallest absolute Gasteiger partial charge is 0.250 e. The van der Waals surface area contributed by atoms with Crippen LogP contribution in [0.3, 0.4) is 0 Å². The van der Waals surface area contributed by atoms with E-state index in [9.17, 15) is 13.2 Å². The summed E-state index contributed by atoms with van der Waals surface area (Å²) in [6.07, 6.45) is 0. The number of nitrogens with one attached hydrogen (secondary N) is 1. The lowest BCUT2D eigenvalue weighted by Crippen LogP contribution is -2.56. The Labute approximate surface area is 106 Å². The molecule has 3 N–H and O–H groups in total. The van der Waals surface area contributed by atoms with Gasteiger partial charge in [-0.25, -0.2) is 14.3 Å². The lowest BCUT2D eigenvalue weighted by molar-refractivity contribution is -0.126. The molecule has 1 aliphatic heterocycles. The van der Waals surface area contributed by atoms with Gasteiger partial charge in [0.15, 0.2) is 9.84 Å². The molecule has 0 radical (unpaired) electrons. The number of hydrogen-bond acceptors (Lipinski definition) is 6. The fourth-order valence-corrected chi connectivity index (χ4v) is 4.91. The van der Waals surface area contributed by atoms with Crippen molar-refractivity contribution in [2.24, 2.45) is 5.84 Å². The summed E-state index contributed by atoms with van der Waals surface area (Å²) in [5.41, 5.74) is 2.07. The molecule has 0 bridgehead atoms. The van der Waals surface area contributed by atoms with Gasteiger partial charge >= 0.3 is 0 Å².